The lowest BCUT2D eigenvalue weighted by Gasteiger charge is -2.01. The molecule has 2 rings (SSSR count). The van der Waals surface area contributed by atoms with Gasteiger partial charge in [-0.2, -0.15) is 50.5 Å². The molecule has 2 aliphatic rings. The smallest absolute Gasteiger partial charge is 0.0587 e. The predicted molar refractivity (Wildman–Crippen MR) is 57.6 cm³/mol. The number of rotatable bonds is 1. The first-order valence-electron chi connectivity index (χ1n) is 3.33. The van der Waals surface area contributed by atoms with Crippen LogP contribution in [-0.4, -0.2) is 8.16 Å². The molecule has 0 N–H and O–H groups in total. The van der Waals surface area contributed by atoms with Crippen LogP contribution in [-0.2, 0) is 0 Å². The Kier molecular flexibility index (Phi) is 1.61. The molecular weight excluding hydrogens is 200 g/mol. The van der Waals surface area contributed by atoms with Crippen LogP contribution in [0.1, 0.15) is 12.8 Å². The van der Waals surface area contributed by atoms with Gasteiger partial charge in [0.2, 0.25) is 0 Å². The van der Waals surface area contributed by atoms with Gasteiger partial charge >= 0.3 is 0 Å². The molecule has 0 nitrogen and oxygen atoms in total. The summed E-state index contributed by atoms with van der Waals surface area (Å²) in [4.78, 5) is 0. The first kappa shape index (κ1) is 8.02. The molecule has 0 radical (unpaired) electrons. The van der Waals surface area contributed by atoms with E-state index in [1.165, 1.54) is 0 Å². The molecule has 2 atom stereocenters. The summed E-state index contributed by atoms with van der Waals surface area (Å²) in [5.41, 5.74) is 0. The van der Waals surface area contributed by atoms with E-state index >= 15 is 0 Å². The normalized spacial score (nSPS) is 46.8. The zero-order valence-corrected chi connectivity index (χ0v) is 8.94. The molecule has 0 bridgehead atoms. The third-order valence-electron chi connectivity index (χ3n) is 2.39. The highest BCUT2D eigenvalue weighted by atomic mass is 32.2. The van der Waals surface area contributed by atoms with Crippen LogP contribution in [0.5, 0.6) is 0 Å². The van der Waals surface area contributed by atoms with Crippen molar-refractivity contribution in [1.29, 1.82) is 0 Å². The Morgan fingerprint density at radius 2 is 1.00 bits per heavy atom. The molecule has 4 heteroatoms. The van der Waals surface area contributed by atoms with Gasteiger partial charge in [-0.1, -0.05) is 0 Å². The van der Waals surface area contributed by atoms with E-state index in [2.05, 4.69) is 50.5 Å². The zero-order valence-electron chi connectivity index (χ0n) is 5.36. The van der Waals surface area contributed by atoms with E-state index in [9.17, 15) is 0 Å². The minimum absolute atomic E-state index is 0.00211. The molecule has 2 aliphatic carbocycles. The van der Waals surface area contributed by atoms with Crippen molar-refractivity contribution >= 4 is 50.5 Å². The number of thiol groups is 4. The van der Waals surface area contributed by atoms with Crippen LogP contribution in [0, 0.1) is 11.8 Å². The largest absolute Gasteiger partial charge is 0.162 e. The van der Waals surface area contributed by atoms with Crippen LogP contribution in [0.2, 0.25) is 0 Å². The lowest BCUT2D eigenvalue weighted by atomic mass is 10.3. The highest BCUT2D eigenvalue weighted by Gasteiger charge is 2.64. The summed E-state index contributed by atoms with van der Waals surface area (Å²) in [5.74, 6) is 1.29. The van der Waals surface area contributed by atoms with Gasteiger partial charge in [-0.25, -0.2) is 0 Å². The van der Waals surface area contributed by atoms with Gasteiger partial charge in [-0.15, -0.1) is 0 Å². The van der Waals surface area contributed by atoms with Gasteiger partial charge < -0.3 is 0 Å². The molecule has 10 heavy (non-hydrogen) atoms. The SMILES string of the molecule is SC1(S)C[C@H]1[C@@H]1CC1(S)S. The van der Waals surface area contributed by atoms with E-state index in [4.69, 9.17) is 0 Å². The van der Waals surface area contributed by atoms with Crippen molar-refractivity contribution < 1.29 is 0 Å². The molecule has 0 aliphatic heterocycles. The van der Waals surface area contributed by atoms with Crippen LogP contribution in [0.25, 0.3) is 0 Å². The standard InChI is InChI=1S/C6H10S4/c7-5(8)1-3(5)4-2-6(4,9)10/h3-4,7-10H,1-2H2/t3-,4-/m0/s1. The molecule has 0 heterocycles. The molecule has 0 saturated heterocycles. The molecule has 0 aromatic carbocycles. The van der Waals surface area contributed by atoms with Gasteiger partial charge in [0.05, 0.1) is 8.16 Å². The fourth-order valence-electron chi connectivity index (χ4n) is 1.46. The van der Waals surface area contributed by atoms with Gasteiger partial charge in [0.25, 0.3) is 0 Å². The van der Waals surface area contributed by atoms with Gasteiger partial charge in [-0.05, 0) is 24.7 Å². The Morgan fingerprint density at radius 1 is 0.800 bits per heavy atom. The van der Waals surface area contributed by atoms with E-state index in [0.29, 0.717) is 11.8 Å². The van der Waals surface area contributed by atoms with E-state index in [-0.39, 0.29) is 8.16 Å². The second-order valence-corrected chi connectivity index (χ2v) is 7.28. The zero-order chi connectivity index (χ0) is 7.57. The second-order valence-electron chi connectivity index (χ2n) is 3.38. The summed E-state index contributed by atoms with van der Waals surface area (Å²) in [6.07, 6.45) is 2.24. The molecule has 0 aromatic heterocycles. The maximum Gasteiger partial charge on any atom is 0.0587 e. The first-order valence-corrected chi connectivity index (χ1v) is 5.12. The Balaban J connectivity index is 1.96. The summed E-state index contributed by atoms with van der Waals surface area (Å²) in [6, 6.07) is 0. The van der Waals surface area contributed by atoms with Gasteiger partial charge in [-0.3, -0.25) is 0 Å². The van der Waals surface area contributed by atoms with Crippen molar-refractivity contribution in [3.63, 3.8) is 0 Å². The molecule has 0 unspecified atom stereocenters. The molecule has 0 amide bonds. The highest BCUT2D eigenvalue weighted by molar-refractivity contribution is 8.01. The van der Waals surface area contributed by atoms with E-state index in [1.54, 1.807) is 0 Å². The van der Waals surface area contributed by atoms with Crippen LogP contribution < -0.4 is 0 Å². The van der Waals surface area contributed by atoms with E-state index in [1.807, 2.05) is 0 Å². The topological polar surface area (TPSA) is 0 Å². The van der Waals surface area contributed by atoms with Crippen molar-refractivity contribution in [3.8, 4) is 0 Å². The fraction of sp³-hybridized carbons (Fsp3) is 1.00. The van der Waals surface area contributed by atoms with Gasteiger partial charge in [0.15, 0.2) is 0 Å². The molecular formula is C6H10S4. The van der Waals surface area contributed by atoms with E-state index in [0.717, 1.165) is 12.8 Å². The summed E-state index contributed by atoms with van der Waals surface area (Å²) in [5, 5.41) is 0. The third kappa shape index (κ3) is 1.21. The monoisotopic (exact) mass is 210 g/mol. The summed E-state index contributed by atoms with van der Waals surface area (Å²) >= 11 is 17.5. The lowest BCUT2D eigenvalue weighted by Crippen LogP contribution is -1.98. The quantitative estimate of drug-likeness (QED) is 0.370. The molecule has 2 fully saturated rings. The predicted octanol–water partition coefficient (Wildman–Crippen LogP) is 2.14. The second kappa shape index (κ2) is 2.01. The molecule has 0 spiro atoms. The molecule has 0 aromatic rings. The summed E-state index contributed by atoms with van der Waals surface area (Å²) < 4.78 is -0.00421. The average Bonchev–Trinajstić information content (AvgIpc) is 2.49. The Bertz CT molecular complexity index is 155. The van der Waals surface area contributed by atoms with Crippen LogP contribution >= 0.6 is 50.5 Å². The van der Waals surface area contributed by atoms with Crippen LogP contribution in [0.3, 0.4) is 0 Å². The summed E-state index contributed by atoms with van der Waals surface area (Å²) in [6.45, 7) is 0. The van der Waals surface area contributed by atoms with E-state index < -0.39 is 0 Å². The Hall–Kier alpha value is 1.40. The summed E-state index contributed by atoms with van der Waals surface area (Å²) in [7, 11) is 0. The third-order valence-corrected chi connectivity index (χ3v) is 4.45. The Morgan fingerprint density at radius 3 is 1.10 bits per heavy atom. The molecule has 58 valence electrons. The maximum atomic E-state index is 4.38. The van der Waals surface area contributed by atoms with Gasteiger partial charge in [0.1, 0.15) is 0 Å². The fourth-order valence-corrected chi connectivity index (χ4v) is 2.96. The number of hydrogen-bond acceptors (Lipinski definition) is 4. The lowest BCUT2D eigenvalue weighted by molar-refractivity contribution is 0.710. The maximum absolute atomic E-state index is 4.38. The average molecular weight is 210 g/mol. The van der Waals surface area contributed by atoms with Crippen molar-refractivity contribution in [1.82, 2.24) is 0 Å². The van der Waals surface area contributed by atoms with Crippen molar-refractivity contribution in [2.45, 2.75) is 21.0 Å². The molecule has 2 saturated carbocycles. The van der Waals surface area contributed by atoms with Crippen LogP contribution in [0.15, 0.2) is 0 Å². The van der Waals surface area contributed by atoms with Crippen molar-refractivity contribution in [3.05, 3.63) is 0 Å². The number of hydrogen-bond donors (Lipinski definition) is 4. The first-order chi connectivity index (χ1) is 4.43. The Labute approximate surface area is 83.2 Å². The van der Waals surface area contributed by atoms with Crippen molar-refractivity contribution in [2.24, 2.45) is 11.8 Å². The minimum Gasteiger partial charge on any atom is -0.162 e. The van der Waals surface area contributed by atoms with Gasteiger partial charge in [0, 0.05) is 0 Å². The van der Waals surface area contributed by atoms with Crippen molar-refractivity contribution in [2.75, 3.05) is 0 Å². The highest BCUT2D eigenvalue weighted by Crippen LogP contribution is 2.69. The minimum atomic E-state index is -0.00211. The van der Waals surface area contributed by atoms with Crippen LogP contribution in [0.4, 0.5) is 0 Å².